The second kappa shape index (κ2) is 7.34. The fourth-order valence-corrected chi connectivity index (χ4v) is 3.51. The minimum absolute atomic E-state index is 0.221. The Hall–Kier alpha value is -3.35. The zero-order chi connectivity index (χ0) is 19.7. The van der Waals surface area contributed by atoms with Gasteiger partial charge in [-0.1, -0.05) is 12.1 Å². The summed E-state index contributed by atoms with van der Waals surface area (Å²) >= 11 is 0. The number of phenolic OH excluding ortho intramolecular Hbond substituents is 1. The number of amides is 2. The number of nitrogens with one attached hydrogen (secondary N) is 1. The van der Waals surface area contributed by atoms with Crippen LogP contribution in [-0.4, -0.2) is 38.9 Å². The zero-order valence-corrected chi connectivity index (χ0v) is 15.5. The van der Waals surface area contributed by atoms with Crippen molar-refractivity contribution in [3.63, 3.8) is 0 Å². The minimum Gasteiger partial charge on any atom is -0.508 e. The molecule has 0 saturated heterocycles. The molecule has 6 nitrogen and oxygen atoms in total. The highest BCUT2D eigenvalue weighted by Gasteiger charge is 2.20. The van der Waals surface area contributed by atoms with Gasteiger partial charge in [0.05, 0.1) is 5.69 Å². The summed E-state index contributed by atoms with van der Waals surface area (Å²) in [5.41, 5.74) is 3.61. The van der Waals surface area contributed by atoms with Crippen LogP contribution in [0.4, 0.5) is 15.0 Å². The lowest BCUT2D eigenvalue weighted by Gasteiger charge is -2.20. The lowest BCUT2D eigenvalue weighted by atomic mass is 10.0. The topological polar surface area (TPSA) is 70.4 Å². The molecule has 0 fully saturated rings. The summed E-state index contributed by atoms with van der Waals surface area (Å²) in [6.07, 6.45) is 1.42. The van der Waals surface area contributed by atoms with E-state index in [-0.39, 0.29) is 17.6 Å². The van der Waals surface area contributed by atoms with E-state index in [9.17, 15) is 14.3 Å². The van der Waals surface area contributed by atoms with Gasteiger partial charge in [-0.05, 0) is 61.2 Å². The molecule has 1 aromatic heterocycles. The molecule has 28 heavy (non-hydrogen) atoms. The largest absolute Gasteiger partial charge is 0.508 e. The molecule has 2 amide bonds. The maximum Gasteiger partial charge on any atom is 0.323 e. The quantitative estimate of drug-likeness (QED) is 0.713. The van der Waals surface area contributed by atoms with Crippen molar-refractivity contribution >= 4 is 11.8 Å². The predicted molar refractivity (Wildman–Crippen MR) is 104 cm³/mol. The Kier molecular flexibility index (Phi) is 4.73. The number of aryl methyl sites for hydroxylation is 1. The van der Waals surface area contributed by atoms with Gasteiger partial charge in [-0.25, -0.2) is 13.9 Å². The first kappa shape index (κ1) is 18.0. The third-order valence-electron chi connectivity index (χ3n) is 4.95. The maximum absolute atomic E-state index is 13.5. The molecule has 2 aromatic carbocycles. The number of benzene rings is 2. The normalized spacial score (nSPS) is 13.7. The van der Waals surface area contributed by atoms with Crippen LogP contribution >= 0.6 is 0 Å². The first-order chi connectivity index (χ1) is 13.5. The summed E-state index contributed by atoms with van der Waals surface area (Å²) in [5.74, 6) is 0.328. The van der Waals surface area contributed by atoms with Crippen LogP contribution in [0.1, 0.15) is 16.8 Å². The number of phenols is 1. The smallest absolute Gasteiger partial charge is 0.323 e. The second-order valence-corrected chi connectivity index (χ2v) is 6.93. The van der Waals surface area contributed by atoms with Crippen molar-refractivity contribution in [2.45, 2.75) is 19.8 Å². The number of carbonyl (C=O) groups excluding carboxylic acids is 1. The highest BCUT2D eigenvalue weighted by atomic mass is 19.1. The molecule has 0 saturated carbocycles. The average Bonchev–Trinajstić information content (AvgIpc) is 2.89. The molecule has 0 aliphatic carbocycles. The number of hydrogen-bond donors (Lipinski definition) is 2. The van der Waals surface area contributed by atoms with Crippen molar-refractivity contribution in [1.29, 1.82) is 0 Å². The Morgan fingerprint density at radius 3 is 2.68 bits per heavy atom. The molecule has 4 rings (SSSR count). The van der Waals surface area contributed by atoms with Crippen LogP contribution < -0.4 is 5.32 Å². The molecular weight excluding hydrogens is 359 g/mol. The van der Waals surface area contributed by atoms with Gasteiger partial charge in [0.15, 0.2) is 5.82 Å². The van der Waals surface area contributed by atoms with Gasteiger partial charge in [0.2, 0.25) is 0 Å². The summed E-state index contributed by atoms with van der Waals surface area (Å²) in [4.78, 5) is 14.4. The van der Waals surface area contributed by atoms with Gasteiger partial charge >= 0.3 is 6.03 Å². The number of nitrogens with zero attached hydrogens (tertiary/aromatic N) is 3. The lowest BCUT2D eigenvalue weighted by molar-refractivity contribution is 0.214. The summed E-state index contributed by atoms with van der Waals surface area (Å²) < 4.78 is 15.1. The van der Waals surface area contributed by atoms with Crippen molar-refractivity contribution in [2.24, 2.45) is 0 Å². The molecule has 0 bridgehead atoms. The van der Waals surface area contributed by atoms with E-state index in [1.54, 1.807) is 39.9 Å². The van der Waals surface area contributed by atoms with Gasteiger partial charge in [0.25, 0.3) is 0 Å². The van der Waals surface area contributed by atoms with E-state index in [4.69, 9.17) is 0 Å². The highest BCUT2D eigenvalue weighted by molar-refractivity contribution is 5.88. The number of carbonyl (C=O) groups is 1. The van der Waals surface area contributed by atoms with Crippen LogP contribution in [-0.2, 0) is 12.8 Å². The molecule has 3 aromatic rings. The SMILES string of the molecule is Cc1cc(NC(=O)N2CCc3ccc(O)cc3CC2)nn1-c1cccc(F)c1. The number of urea groups is 1. The summed E-state index contributed by atoms with van der Waals surface area (Å²) in [6.45, 7) is 3.00. The average molecular weight is 380 g/mol. The number of aromatic hydroxyl groups is 1. The zero-order valence-electron chi connectivity index (χ0n) is 15.5. The Balaban J connectivity index is 1.46. The Labute approximate surface area is 162 Å². The van der Waals surface area contributed by atoms with Gasteiger partial charge in [-0.3, -0.25) is 5.32 Å². The van der Waals surface area contributed by atoms with Crippen molar-refractivity contribution < 1.29 is 14.3 Å². The molecule has 2 heterocycles. The van der Waals surface area contributed by atoms with Crippen LogP contribution in [0.5, 0.6) is 5.75 Å². The molecule has 144 valence electrons. The molecule has 7 heteroatoms. The molecule has 0 spiro atoms. The van der Waals surface area contributed by atoms with E-state index >= 15 is 0 Å². The van der Waals surface area contributed by atoms with Gasteiger partial charge in [-0.15, -0.1) is 5.10 Å². The van der Waals surface area contributed by atoms with Crippen LogP contribution in [0, 0.1) is 12.7 Å². The van der Waals surface area contributed by atoms with E-state index in [1.165, 1.54) is 12.1 Å². The first-order valence-electron chi connectivity index (χ1n) is 9.19. The highest BCUT2D eigenvalue weighted by Crippen LogP contribution is 2.22. The van der Waals surface area contributed by atoms with Crippen molar-refractivity contribution in [1.82, 2.24) is 14.7 Å². The second-order valence-electron chi connectivity index (χ2n) is 6.93. The molecule has 0 radical (unpaired) electrons. The van der Waals surface area contributed by atoms with E-state index in [2.05, 4.69) is 10.4 Å². The van der Waals surface area contributed by atoms with E-state index < -0.39 is 0 Å². The maximum atomic E-state index is 13.5. The van der Waals surface area contributed by atoms with Crippen LogP contribution in [0.3, 0.4) is 0 Å². The molecule has 1 aliphatic heterocycles. The van der Waals surface area contributed by atoms with Crippen LogP contribution in [0.15, 0.2) is 48.5 Å². The van der Waals surface area contributed by atoms with E-state index in [1.807, 2.05) is 13.0 Å². The Morgan fingerprint density at radius 2 is 1.89 bits per heavy atom. The summed E-state index contributed by atoms with van der Waals surface area (Å²) in [5, 5.41) is 16.9. The standard InChI is InChI=1S/C21H21FN4O2/c1-14-11-20(24-26(14)18-4-2-3-17(22)13-18)23-21(28)25-9-7-15-5-6-19(27)12-16(15)8-10-25/h2-6,11-13,27H,7-10H2,1H3,(H,23,24,28). The van der Waals surface area contributed by atoms with Crippen molar-refractivity contribution in [3.05, 3.63) is 71.2 Å². The predicted octanol–water partition coefficient (Wildman–Crippen LogP) is 3.66. The molecule has 2 N–H and O–H groups in total. The fourth-order valence-electron chi connectivity index (χ4n) is 3.51. The number of halogens is 1. The summed E-state index contributed by atoms with van der Waals surface area (Å²) in [6, 6.07) is 13.0. The summed E-state index contributed by atoms with van der Waals surface area (Å²) in [7, 11) is 0. The van der Waals surface area contributed by atoms with E-state index in [0.29, 0.717) is 31.0 Å². The molecule has 0 atom stereocenters. The van der Waals surface area contributed by atoms with Gasteiger partial charge in [0.1, 0.15) is 11.6 Å². The first-order valence-corrected chi connectivity index (χ1v) is 9.19. The number of fused-ring (bicyclic) bond motifs is 1. The lowest BCUT2D eigenvalue weighted by Crippen LogP contribution is -2.36. The number of hydrogen-bond acceptors (Lipinski definition) is 3. The number of aromatic nitrogens is 2. The molecule has 1 aliphatic rings. The number of anilines is 1. The third-order valence-corrected chi connectivity index (χ3v) is 4.95. The molecule has 0 unspecified atom stereocenters. The third kappa shape index (κ3) is 3.69. The van der Waals surface area contributed by atoms with Gasteiger partial charge < -0.3 is 10.0 Å². The van der Waals surface area contributed by atoms with Crippen molar-refractivity contribution in [3.8, 4) is 11.4 Å². The fraction of sp³-hybridized carbons (Fsp3) is 0.238. The van der Waals surface area contributed by atoms with Crippen molar-refractivity contribution in [2.75, 3.05) is 18.4 Å². The van der Waals surface area contributed by atoms with Crippen LogP contribution in [0.2, 0.25) is 0 Å². The van der Waals surface area contributed by atoms with Crippen LogP contribution in [0.25, 0.3) is 5.69 Å². The Morgan fingerprint density at radius 1 is 1.11 bits per heavy atom. The Bertz CT molecular complexity index is 1030. The van der Waals surface area contributed by atoms with Gasteiger partial charge in [0, 0.05) is 24.8 Å². The van der Waals surface area contributed by atoms with E-state index in [0.717, 1.165) is 23.2 Å². The monoisotopic (exact) mass is 380 g/mol. The van der Waals surface area contributed by atoms with Gasteiger partial charge in [-0.2, -0.15) is 0 Å². The minimum atomic E-state index is -0.340. The number of rotatable bonds is 2. The molecular formula is C21H21FN4O2.